The van der Waals surface area contributed by atoms with Gasteiger partial charge in [0.15, 0.2) is 0 Å². The lowest BCUT2D eigenvalue weighted by molar-refractivity contribution is 0.250. The lowest BCUT2D eigenvalue weighted by Crippen LogP contribution is -2.29. The van der Waals surface area contributed by atoms with E-state index < -0.39 is 0 Å². The number of nitrogens with zero attached hydrogens (tertiary/aromatic N) is 3. The van der Waals surface area contributed by atoms with Crippen LogP contribution >= 0.6 is 22.9 Å². The number of hydrogen-bond acceptors (Lipinski definition) is 3. The molecule has 0 aromatic carbocycles. The highest BCUT2D eigenvalue weighted by Gasteiger charge is 2.22. The summed E-state index contributed by atoms with van der Waals surface area (Å²) in [6, 6.07) is 0. The quantitative estimate of drug-likeness (QED) is 0.468. The molecule has 1 aliphatic heterocycles. The fourth-order valence-corrected chi connectivity index (χ4v) is 1.23. The van der Waals surface area contributed by atoms with Crippen LogP contribution in [0.25, 0.3) is 0 Å². The zero-order valence-corrected chi connectivity index (χ0v) is 7.95. The van der Waals surface area contributed by atoms with Gasteiger partial charge in [-0.1, -0.05) is 0 Å². The van der Waals surface area contributed by atoms with E-state index in [1.165, 1.54) is 0 Å². The highest BCUT2D eigenvalue weighted by molar-refractivity contribution is 14.1. The largest absolute Gasteiger partial charge is 0.278 e. The van der Waals surface area contributed by atoms with Gasteiger partial charge in [-0.3, -0.25) is 8.12 Å². The summed E-state index contributed by atoms with van der Waals surface area (Å²) in [5.41, 5.74) is 0. The molecule has 0 bridgehead atoms. The Morgan fingerprint density at radius 2 is 2.22 bits per heavy atom. The number of halogens is 1. The Morgan fingerprint density at radius 3 is 2.33 bits per heavy atom. The van der Waals surface area contributed by atoms with E-state index in [0.717, 1.165) is 5.84 Å². The molecule has 3 nitrogen and oxygen atoms in total. The third-order valence-corrected chi connectivity index (χ3v) is 2.98. The molecule has 1 rings (SSSR count). The Balaban J connectivity index is 2.70. The van der Waals surface area contributed by atoms with Crippen LogP contribution in [0.1, 0.15) is 13.8 Å². The molecule has 4 heteroatoms. The van der Waals surface area contributed by atoms with Gasteiger partial charge in [0.05, 0.1) is 22.9 Å². The van der Waals surface area contributed by atoms with Crippen LogP contribution in [-0.2, 0) is 0 Å². The van der Waals surface area contributed by atoms with E-state index in [1.54, 1.807) is 0 Å². The zero-order valence-electron chi connectivity index (χ0n) is 5.80. The molecule has 9 heavy (non-hydrogen) atoms. The Hall–Kier alpha value is 0. The van der Waals surface area contributed by atoms with E-state index >= 15 is 0 Å². The van der Waals surface area contributed by atoms with Crippen molar-refractivity contribution in [2.45, 2.75) is 20.0 Å². The van der Waals surface area contributed by atoms with Gasteiger partial charge in [0.1, 0.15) is 12.0 Å². The van der Waals surface area contributed by atoms with Gasteiger partial charge in [-0.05, 0) is 13.8 Å². The molecule has 1 unspecified atom stereocenters. The van der Waals surface area contributed by atoms with E-state index in [1.807, 2.05) is 19.0 Å². The smallest absolute Gasteiger partial charge is 0.132 e. The minimum absolute atomic E-state index is 0.408. The molecule has 52 valence electrons. The van der Waals surface area contributed by atoms with Crippen LogP contribution in [0.5, 0.6) is 0 Å². The predicted octanol–water partition coefficient (Wildman–Crippen LogP) is 1.26. The van der Waals surface area contributed by atoms with Crippen molar-refractivity contribution in [3.63, 3.8) is 0 Å². The third kappa shape index (κ3) is 1.12. The summed E-state index contributed by atoms with van der Waals surface area (Å²) in [6.45, 7) is 4.12. The van der Waals surface area contributed by atoms with Gasteiger partial charge in [0.25, 0.3) is 0 Å². The first-order valence-electron chi connectivity index (χ1n) is 2.86. The monoisotopic (exact) mass is 239 g/mol. The number of hydrazone groups is 1. The molecular weight excluding hydrogens is 229 g/mol. The van der Waals surface area contributed by atoms with Gasteiger partial charge in [0.2, 0.25) is 0 Å². The highest BCUT2D eigenvalue weighted by atomic mass is 127. The topological polar surface area (TPSA) is 18.8 Å². The molecule has 0 saturated carbocycles. The average Bonchev–Trinajstić information content (AvgIpc) is 1.98. The van der Waals surface area contributed by atoms with E-state index in [4.69, 9.17) is 0 Å². The molecule has 1 aliphatic rings. The maximum atomic E-state index is 4.22. The fourth-order valence-electron chi connectivity index (χ4n) is 0.772. The average molecular weight is 239 g/mol. The molecule has 1 atom stereocenters. The first-order valence-corrected chi connectivity index (χ1v) is 3.82. The maximum absolute atomic E-state index is 4.22. The zero-order chi connectivity index (χ0) is 7.02. The van der Waals surface area contributed by atoms with Crippen molar-refractivity contribution in [2.24, 2.45) is 5.10 Å². The van der Waals surface area contributed by atoms with Crippen molar-refractivity contribution in [1.29, 1.82) is 0 Å². The minimum Gasteiger partial charge on any atom is -0.278 e. The molecule has 0 saturated heterocycles. The van der Waals surface area contributed by atoms with Crippen molar-refractivity contribution in [1.82, 2.24) is 8.12 Å². The van der Waals surface area contributed by atoms with Crippen molar-refractivity contribution >= 4 is 28.7 Å². The predicted molar refractivity (Wildman–Crippen MR) is 46.2 cm³/mol. The van der Waals surface area contributed by atoms with Gasteiger partial charge in [-0.2, -0.15) is 5.10 Å². The first-order chi connectivity index (χ1) is 4.13. The second-order valence-corrected chi connectivity index (χ2v) is 3.20. The van der Waals surface area contributed by atoms with Crippen molar-refractivity contribution in [3.8, 4) is 0 Å². The second kappa shape index (κ2) is 2.32. The van der Waals surface area contributed by atoms with E-state index in [2.05, 4.69) is 38.0 Å². The van der Waals surface area contributed by atoms with Crippen LogP contribution in [0.4, 0.5) is 0 Å². The Bertz CT molecular complexity index is 145. The van der Waals surface area contributed by atoms with Gasteiger partial charge >= 0.3 is 0 Å². The molecule has 0 amide bonds. The van der Waals surface area contributed by atoms with E-state index in [9.17, 15) is 0 Å². The van der Waals surface area contributed by atoms with Crippen LogP contribution in [0.3, 0.4) is 0 Å². The first kappa shape index (κ1) is 7.11. The minimum atomic E-state index is 0.408. The van der Waals surface area contributed by atoms with Gasteiger partial charge in [-0.15, -0.1) is 0 Å². The van der Waals surface area contributed by atoms with Crippen LogP contribution in [0.2, 0.25) is 0 Å². The van der Waals surface area contributed by atoms with E-state index in [-0.39, 0.29) is 0 Å². The van der Waals surface area contributed by atoms with Crippen LogP contribution < -0.4 is 0 Å². The molecule has 0 fully saturated rings. The Morgan fingerprint density at radius 1 is 1.67 bits per heavy atom. The fraction of sp³-hybridized carbons (Fsp3) is 0.800. The molecule has 0 N–H and O–H groups in total. The molecule has 0 radical (unpaired) electrons. The van der Waals surface area contributed by atoms with Gasteiger partial charge in [0, 0.05) is 7.05 Å². The van der Waals surface area contributed by atoms with Crippen molar-refractivity contribution in [3.05, 3.63) is 0 Å². The van der Waals surface area contributed by atoms with E-state index in [0.29, 0.717) is 6.17 Å². The molecule has 0 aliphatic carbocycles. The Labute approximate surface area is 69.2 Å². The molecule has 0 aromatic rings. The standard InChI is InChI=1S/C5H10IN3/c1-4-7-8(3)5(2)9(4)6/h5H,1-3H3. The second-order valence-electron chi connectivity index (χ2n) is 2.16. The summed E-state index contributed by atoms with van der Waals surface area (Å²) in [7, 11) is 1.98. The van der Waals surface area contributed by atoms with Crippen LogP contribution in [0, 0.1) is 0 Å². The SMILES string of the molecule is CC1=NN(C)C(C)N1I. The summed E-state index contributed by atoms with van der Waals surface area (Å²) in [5, 5.41) is 6.17. The lowest BCUT2D eigenvalue weighted by atomic mass is 10.5. The van der Waals surface area contributed by atoms with Gasteiger partial charge in [-0.25, -0.2) is 0 Å². The molecule has 0 aromatic heterocycles. The summed E-state index contributed by atoms with van der Waals surface area (Å²) in [6.07, 6.45) is 0.408. The van der Waals surface area contributed by atoms with Gasteiger partial charge < -0.3 is 0 Å². The lowest BCUT2D eigenvalue weighted by Gasteiger charge is -2.19. The summed E-state index contributed by atoms with van der Waals surface area (Å²) in [4.78, 5) is 0. The highest BCUT2D eigenvalue weighted by Crippen LogP contribution is 2.17. The molecule has 1 heterocycles. The number of hydrogen-bond donors (Lipinski definition) is 0. The Kier molecular flexibility index (Phi) is 1.83. The number of amidine groups is 1. The molecular formula is C5H10IN3. The maximum Gasteiger partial charge on any atom is 0.132 e. The summed E-state index contributed by atoms with van der Waals surface area (Å²) in [5.74, 6) is 1.07. The van der Waals surface area contributed by atoms with Crippen molar-refractivity contribution < 1.29 is 0 Å². The molecule has 0 spiro atoms. The van der Waals surface area contributed by atoms with Crippen LogP contribution in [-0.4, -0.2) is 27.2 Å². The van der Waals surface area contributed by atoms with Crippen LogP contribution in [0.15, 0.2) is 5.10 Å². The number of rotatable bonds is 0. The summed E-state index contributed by atoms with van der Waals surface area (Å²) < 4.78 is 2.11. The van der Waals surface area contributed by atoms with Crippen molar-refractivity contribution in [2.75, 3.05) is 7.05 Å². The summed E-state index contributed by atoms with van der Waals surface area (Å²) >= 11 is 2.26. The normalized spacial score (nSPS) is 27.1. The third-order valence-electron chi connectivity index (χ3n) is 1.48.